The van der Waals surface area contributed by atoms with Crippen molar-refractivity contribution in [3.8, 4) is 5.75 Å². The van der Waals surface area contributed by atoms with Crippen molar-refractivity contribution in [2.24, 2.45) is 0 Å². The van der Waals surface area contributed by atoms with Crippen LogP contribution in [0.2, 0.25) is 5.02 Å². The van der Waals surface area contributed by atoms with Gasteiger partial charge in [0.15, 0.2) is 0 Å². The highest BCUT2D eigenvalue weighted by molar-refractivity contribution is 6.31. The second kappa shape index (κ2) is 5.77. The highest BCUT2D eigenvalue weighted by Gasteiger charge is 2.22. The van der Waals surface area contributed by atoms with Crippen LogP contribution < -0.4 is 9.64 Å². The van der Waals surface area contributed by atoms with Crippen molar-refractivity contribution in [3.63, 3.8) is 0 Å². The number of carboxylic acid groups (broad SMARTS) is 1. The summed E-state index contributed by atoms with van der Waals surface area (Å²) in [5.41, 5.74) is 0.692. The number of aliphatic carboxylic acids is 1. The van der Waals surface area contributed by atoms with Gasteiger partial charge in [-0.1, -0.05) is 11.6 Å². The Balaban J connectivity index is 3.18. The number of hydrogen-bond donors (Lipinski definition) is 1. The van der Waals surface area contributed by atoms with Gasteiger partial charge in [0.05, 0.1) is 12.8 Å². The van der Waals surface area contributed by atoms with Crippen molar-refractivity contribution >= 4 is 23.3 Å². The highest BCUT2D eigenvalue weighted by atomic mass is 35.5. The van der Waals surface area contributed by atoms with Gasteiger partial charge in [0.2, 0.25) is 0 Å². The molecule has 0 aliphatic rings. The standard InChI is InChI=1S/C12H16ClNO3/c1-4-14(8(2)12(15)16)10-7-9(13)5-6-11(10)17-3/h5-8H,4H2,1-3H3,(H,15,16). The molecular formula is C12H16ClNO3. The minimum Gasteiger partial charge on any atom is -0.495 e. The SMILES string of the molecule is CCN(c1cc(Cl)ccc1OC)C(C)C(=O)O. The lowest BCUT2D eigenvalue weighted by Gasteiger charge is -2.28. The van der Waals surface area contributed by atoms with Crippen molar-refractivity contribution in [1.82, 2.24) is 0 Å². The van der Waals surface area contributed by atoms with Gasteiger partial charge in [-0.15, -0.1) is 0 Å². The van der Waals surface area contributed by atoms with Crippen LogP contribution in [0.25, 0.3) is 0 Å². The molecule has 4 nitrogen and oxygen atoms in total. The Labute approximate surface area is 106 Å². The summed E-state index contributed by atoms with van der Waals surface area (Å²) in [6.07, 6.45) is 0. The fourth-order valence-corrected chi connectivity index (χ4v) is 1.84. The van der Waals surface area contributed by atoms with E-state index in [0.29, 0.717) is 23.0 Å². The summed E-state index contributed by atoms with van der Waals surface area (Å²) in [6, 6.07) is 4.52. The quantitative estimate of drug-likeness (QED) is 0.881. The molecule has 1 aromatic rings. The molecule has 17 heavy (non-hydrogen) atoms. The van der Waals surface area contributed by atoms with Crippen LogP contribution in [0.4, 0.5) is 5.69 Å². The van der Waals surface area contributed by atoms with Crippen LogP contribution in [0, 0.1) is 0 Å². The van der Waals surface area contributed by atoms with Crippen LogP contribution in [0.1, 0.15) is 13.8 Å². The van der Waals surface area contributed by atoms with Crippen LogP contribution in [-0.4, -0.2) is 30.8 Å². The Morgan fingerprint density at radius 2 is 2.24 bits per heavy atom. The molecule has 1 unspecified atom stereocenters. The number of benzene rings is 1. The minimum absolute atomic E-state index is 0.553. The van der Waals surface area contributed by atoms with E-state index in [1.807, 2.05) is 6.92 Å². The summed E-state index contributed by atoms with van der Waals surface area (Å²) in [4.78, 5) is 12.8. The average Bonchev–Trinajstić information content (AvgIpc) is 2.30. The van der Waals surface area contributed by atoms with Gasteiger partial charge >= 0.3 is 5.97 Å². The van der Waals surface area contributed by atoms with E-state index in [1.165, 1.54) is 0 Å². The molecule has 1 aromatic carbocycles. The Kier molecular flexibility index (Phi) is 4.63. The van der Waals surface area contributed by atoms with Crippen LogP contribution in [0.5, 0.6) is 5.75 Å². The van der Waals surface area contributed by atoms with E-state index in [9.17, 15) is 4.79 Å². The minimum atomic E-state index is -0.881. The molecule has 1 rings (SSSR count). The molecule has 0 fully saturated rings. The van der Waals surface area contributed by atoms with Gasteiger partial charge < -0.3 is 14.7 Å². The number of methoxy groups -OCH3 is 1. The molecule has 0 radical (unpaired) electrons. The van der Waals surface area contributed by atoms with Gasteiger partial charge in [0.1, 0.15) is 11.8 Å². The first-order valence-corrected chi connectivity index (χ1v) is 5.72. The first-order valence-electron chi connectivity index (χ1n) is 5.34. The molecule has 0 aliphatic heterocycles. The number of carbonyl (C=O) groups is 1. The lowest BCUT2D eigenvalue weighted by atomic mass is 10.2. The first kappa shape index (κ1) is 13.6. The number of anilines is 1. The van der Waals surface area contributed by atoms with E-state index in [-0.39, 0.29) is 0 Å². The zero-order chi connectivity index (χ0) is 13.0. The molecule has 0 saturated heterocycles. The molecule has 1 N–H and O–H groups in total. The zero-order valence-corrected chi connectivity index (χ0v) is 10.9. The molecular weight excluding hydrogens is 242 g/mol. The van der Waals surface area contributed by atoms with Gasteiger partial charge in [-0.25, -0.2) is 4.79 Å². The van der Waals surface area contributed by atoms with Crippen molar-refractivity contribution < 1.29 is 14.6 Å². The average molecular weight is 258 g/mol. The molecule has 5 heteroatoms. The third-order valence-corrected chi connectivity index (χ3v) is 2.85. The molecule has 0 aliphatic carbocycles. The Morgan fingerprint density at radius 1 is 1.59 bits per heavy atom. The molecule has 0 heterocycles. The monoisotopic (exact) mass is 257 g/mol. The van der Waals surface area contributed by atoms with E-state index < -0.39 is 12.0 Å². The predicted molar refractivity (Wildman–Crippen MR) is 68.1 cm³/mol. The Bertz CT molecular complexity index is 409. The predicted octanol–water partition coefficient (Wildman–Crippen LogP) is 2.65. The van der Waals surface area contributed by atoms with Crippen LogP contribution >= 0.6 is 11.6 Å². The third kappa shape index (κ3) is 3.03. The summed E-state index contributed by atoms with van der Waals surface area (Å²) in [7, 11) is 1.55. The lowest BCUT2D eigenvalue weighted by molar-refractivity contribution is -0.138. The maximum absolute atomic E-state index is 11.0. The van der Waals surface area contributed by atoms with Crippen molar-refractivity contribution in [2.45, 2.75) is 19.9 Å². The Morgan fingerprint density at radius 3 is 2.71 bits per heavy atom. The van der Waals surface area contributed by atoms with Gasteiger partial charge in [0, 0.05) is 11.6 Å². The summed E-state index contributed by atoms with van der Waals surface area (Å²) >= 11 is 5.93. The van der Waals surface area contributed by atoms with Crippen LogP contribution in [0.3, 0.4) is 0 Å². The molecule has 0 aromatic heterocycles. The summed E-state index contributed by atoms with van der Waals surface area (Å²) in [6.45, 7) is 4.08. The van der Waals surface area contributed by atoms with Gasteiger partial charge in [-0.3, -0.25) is 0 Å². The topological polar surface area (TPSA) is 49.8 Å². The normalized spacial score (nSPS) is 12.0. The number of likely N-dealkylation sites (N-methyl/N-ethyl adjacent to an activating group) is 1. The molecule has 94 valence electrons. The van der Waals surface area contributed by atoms with Crippen LogP contribution in [-0.2, 0) is 4.79 Å². The fourth-order valence-electron chi connectivity index (χ4n) is 1.67. The number of nitrogens with zero attached hydrogens (tertiary/aromatic N) is 1. The second-order valence-corrected chi connectivity index (χ2v) is 4.05. The van der Waals surface area contributed by atoms with E-state index >= 15 is 0 Å². The molecule has 1 atom stereocenters. The summed E-state index contributed by atoms with van der Waals surface area (Å²) in [5.74, 6) is -0.266. The molecule has 0 bridgehead atoms. The Hall–Kier alpha value is -1.42. The smallest absolute Gasteiger partial charge is 0.326 e. The zero-order valence-electron chi connectivity index (χ0n) is 10.1. The maximum Gasteiger partial charge on any atom is 0.326 e. The number of rotatable bonds is 5. The molecule has 0 spiro atoms. The second-order valence-electron chi connectivity index (χ2n) is 3.62. The van der Waals surface area contributed by atoms with E-state index in [1.54, 1.807) is 37.1 Å². The van der Waals surface area contributed by atoms with E-state index in [0.717, 1.165) is 0 Å². The van der Waals surface area contributed by atoms with E-state index in [4.69, 9.17) is 21.4 Å². The lowest BCUT2D eigenvalue weighted by Crippen LogP contribution is -2.39. The number of carboxylic acids is 1. The first-order chi connectivity index (χ1) is 8.01. The van der Waals surface area contributed by atoms with Gasteiger partial charge in [-0.05, 0) is 32.0 Å². The molecule has 0 amide bonds. The van der Waals surface area contributed by atoms with Crippen molar-refractivity contribution in [1.29, 1.82) is 0 Å². The van der Waals surface area contributed by atoms with Crippen LogP contribution in [0.15, 0.2) is 18.2 Å². The molecule has 0 saturated carbocycles. The van der Waals surface area contributed by atoms with Crippen molar-refractivity contribution in [3.05, 3.63) is 23.2 Å². The largest absolute Gasteiger partial charge is 0.495 e. The number of halogens is 1. The van der Waals surface area contributed by atoms with E-state index in [2.05, 4.69) is 0 Å². The van der Waals surface area contributed by atoms with Gasteiger partial charge in [-0.2, -0.15) is 0 Å². The number of hydrogen-bond acceptors (Lipinski definition) is 3. The van der Waals surface area contributed by atoms with Crippen molar-refractivity contribution in [2.75, 3.05) is 18.6 Å². The number of ether oxygens (including phenoxy) is 1. The summed E-state index contributed by atoms with van der Waals surface area (Å²) in [5, 5.41) is 9.61. The highest BCUT2D eigenvalue weighted by Crippen LogP contribution is 2.32. The fraction of sp³-hybridized carbons (Fsp3) is 0.417. The maximum atomic E-state index is 11.0. The third-order valence-electron chi connectivity index (χ3n) is 2.62. The summed E-state index contributed by atoms with van der Waals surface area (Å²) < 4.78 is 5.22. The van der Waals surface area contributed by atoms with Gasteiger partial charge in [0.25, 0.3) is 0 Å².